The number of aromatic nitrogens is 6. The second-order valence-electron chi connectivity index (χ2n) is 5.90. The van der Waals surface area contributed by atoms with Crippen molar-refractivity contribution in [1.29, 1.82) is 5.26 Å². The maximum Gasteiger partial charge on any atom is 0.158 e. The summed E-state index contributed by atoms with van der Waals surface area (Å²) in [7, 11) is 0. The number of nitrogens with one attached hydrogen (secondary N) is 2. The smallest absolute Gasteiger partial charge is 0.158 e. The van der Waals surface area contributed by atoms with Crippen LogP contribution in [0.2, 0.25) is 0 Å². The number of ether oxygens (including phenoxy) is 1. The summed E-state index contributed by atoms with van der Waals surface area (Å²) in [4.78, 5) is 8.11. The van der Waals surface area contributed by atoms with E-state index in [0.717, 1.165) is 23.3 Å². The van der Waals surface area contributed by atoms with E-state index in [9.17, 15) is 0 Å². The Kier molecular flexibility index (Phi) is 4.81. The van der Waals surface area contributed by atoms with Crippen LogP contribution in [0.1, 0.15) is 12.1 Å². The molecule has 4 aromatic rings. The molecule has 10 heteroatoms. The molecule has 140 valence electrons. The lowest BCUT2D eigenvalue weighted by molar-refractivity contribution is 0.313. The van der Waals surface area contributed by atoms with E-state index in [0.29, 0.717) is 30.5 Å². The molecule has 0 amide bonds. The van der Waals surface area contributed by atoms with Crippen molar-refractivity contribution in [3.63, 3.8) is 0 Å². The van der Waals surface area contributed by atoms with Crippen LogP contribution in [0.5, 0.6) is 5.75 Å². The molecule has 4 aromatic heterocycles. The van der Waals surface area contributed by atoms with Crippen LogP contribution in [0.3, 0.4) is 0 Å². The number of H-pyrrole nitrogens is 1. The SMILES string of the molecule is N#Cc1cnc(Nc2cc(-c3c(OCCCN)ccc4ccnn34)[nH]n2)cn1. The van der Waals surface area contributed by atoms with E-state index in [1.54, 1.807) is 10.7 Å². The van der Waals surface area contributed by atoms with Gasteiger partial charge in [0.05, 0.1) is 36.4 Å². The number of hydrogen-bond acceptors (Lipinski definition) is 8. The molecule has 0 saturated heterocycles. The van der Waals surface area contributed by atoms with Gasteiger partial charge >= 0.3 is 0 Å². The van der Waals surface area contributed by atoms with Gasteiger partial charge in [-0.05, 0) is 31.2 Å². The zero-order valence-electron chi connectivity index (χ0n) is 14.8. The third-order valence-corrected chi connectivity index (χ3v) is 3.98. The predicted molar refractivity (Wildman–Crippen MR) is 102 cm³/mol. The monoisotopic (exact) mass is 375 g/mol. The standard InChI is InChI=1S/C18H17N9O/c19-5-1-7-28-15-3-2-13-4-6-23-27(13)18(15)14-8-16(26-25-14)24-17-11-21-12(9-20)10-22-17/h2-4,6,8,10-11H,1,5,7,19H2,(H2,22,24,25,26). The predicted octanol–water partition coefficient (Wildman–Crippen LogP) is 1.86. The normalized spacial score (nSPS) is 10.7. The third kappa shape index (κ3) is 3.46. The summed E-state index contributed by atoms with van der Waals surface area (Å²) >= 11 is 0. The number of rotatable bonds is 7. The van der Waals surface area contributed by atoms with Crippen LogP contribution in [-0.4, -0.2) is 42.9 Å². The molecule has 0 aromatic carbocycles. The number of anilines is 2. The molecule has 0 aliphatic rings. The Hall–Kier alpha value is -3.97. The molecule has 28 heavy (non-hydrogen) atoms. The summed E-state index contributed by atoms with van der Waals surface area (Å²) in [5.74, 6) is 1.71. The fourth-order valence-electron chi connectivity index (χ4n) is 2.69. The summed E-state index contributed by atoms with van der Waals surface area (Å²) in [6.45, 7) is 1.07. The van der Waals surface area contributed by atoms with E-state index in [2.05, 4.69) is 30.6 Å². The van der Waals surface area contributed by atoms with Crippen molar-refractivity contribution in [2.45, 2.75) is 6.42 Å². The Morgan fingerprint density at radius 2 is 2.14 bits per heavy atom. The second kappa shape index (κ2) is 7.73. The molecule has 0 radical (unpaired) electrons. The van der Waals surface area contributed by atoms with Gasteiger partial charge in [0.2, 0.25) is 0 Å². The molecule has 4 rings (SSSR count). The number of hydrogen-bond donors (Lipinski definition) is 3. The first kappa shape index (κ1) is 17.4. The van der Waals surface area contributed by atoms with Crippen molar-refractivity contribution in [2.24, 2.45) is 5.73 Å². The van der Waals surface area contributed by atoms with E-state index in [4.69, 9.17) is 15.7 Å². The maximum atomic E-state index is 8.80. The average molecular weight is 375 g/mol. The number of nitriles is 1. The molecule has 0 fully saturated rings. The molecule has 4 N–H and O–H groups in total. The number of fused-ring (bicyclic) bond motifs is 1. The van der Waals surface area contributed by atoms with Crippen LogP contribution in [-0.2, 0) is 0 Å². The molecule has 0 aliphatic carbocycles. The first-order valence-corrected chi connectivity index (χ1v) is 8.63. The molecule has 0 saturated carbocycles. The highest BCUT2D eigenvalue weighted by Gasteiger charge is 2.15. The fourth-order valence-corrected chi connectivity index (χ4v) is 2.69. The Balaban J connectivity index is 1.65. The molecule has 4 heterocycles. The Bertz CT molecular complexity index is 1120. The lowest BCUT2D eigenvalue weighted by atomic mass is 10.2. The van der Waals surface area contributed by atoms with Crippen LogP contribution in [0, 0.1) is 11.3 Å². The Labute approximate surface area is 160 Å². The quantitative estimate of drug-likeness (QED) is 0.415. The molecule has 0 bridgehead atoms. The Morgan fingerprint density at radius 3 is 2.93 bits per heavy atom. The fraction of sp³-hybridized carbons (Fsp3) is 0.167. The molecule has 0 unspecified atom stereocenters. The van der Waals surface area contributed by atoms with Gasteiger partial charge in [-0.15, -0.1) is 0 Å². The van der Waals surface area contributed by atoms with Crippen LogP contribution in [0.15, 0.2) is 42.9 Å². The Morgan fingerprint density at radius 1 is 1.21 bits per heavy atom. The molecule has 10 nitrogen and oxygen atoms in total. The van der Waals surface area contributed by atoms with Gasteiger partial charge in [0.25, 0.3) is 0 Å². The van der Waals surface area contributed by atoms with Crippen molar-refractivity contribution >= 4 is 17.2 Å². The molecular weight excluding hydrogens is 358 g/mol. The molecular formula is C18H17N9O. The minimum Gasteiger partial charge on any atom is -0.491 e. The van der Waals surface area contributed by atoms with E-state index in [-0.39, 0.29) is 5.69 Å². The van der Waals surface area contributed by atoms with Gasteiger partial charge in [-0.2, -0.15) is 15.5 Å². The van der Waals surface area contributed by atoms with Crippen LogP contribution >= 0.6 is 0 Å². The van der Waals surface area contributed by atoms with Gasteiger partial charge in [-0.25, -0.2) is 14.5 Å². The second-order valence-corrected chi connectivity index (χ2v) is 5.90. The summed E-state index contributed by atoms with van der Waals surface area (Å²) in [5, 5.41) is 23.5. The lowest BCUT2D eigenvalue weighted by Crippen LogP contribution is -2.08. The van der Waals surface area contributed by atoms with Crippen LogP contribution in [0.4, 0.5) is 11.6 Å². The average Bonchev–Trinajstić information content (AvgIpc) is 3.38. The largest absolute Gasteiger partial charge is 0.491 e. The van der Waals surface area contributed by atoms with Crippen LogP contribution < -0.4 is 15.8 Å². The van der Waals surface area contributed by atoms with Crippen molar-refractivity contribution in [1.82, 2.24) is 29.8 Å². The van der Waals surface area contributed by atoms with E-state index >= 15 is 0 Å². The van der Waals surface area contributed by atoms with Gasteiger partial charge in [0.1, 0.15) is 23.3 Å². The molecule has 0 atom stereocenters. The number of aromatic amines is 1. The van der Waals surface area contributed by atoms with Gasteiger partial charge in [-0.1, -0.05) is 0 Å². The summed E-state index contributed by atoms with van der Waals surface area (Å²) in [6, 6.07) is 9.51. The zero-order chi connectivity index (χ0) is 19.3. The zero-order valence-corrected chi connectivity index (χ0v) is 14.8. The summed E-state index contributed by atoms with van der Waals surface area (Å²) in [6.07, 6.45) is 5.35. The van der Waals surface area contributed by atoms with Crippen molar-refractivity contribution in [2.75, 3.05) is 18.5 Å². The number of nitrogens with two attached hydrogens (primary N) is 1. The first-order valence-electron chi connectivity index (χ1n) is 8.63. The van der Waals surface area contributed by atoms with E-state index in [1.807, 2.05) is 30.3 Å². The van der Waals surface area contributed by atoms with Gasteiger partial charge in [0.15, 0.2) is 11.5 Å². The van der Waals surface area contributed by atoms with Gasteiger partial charge in [-0.3, -0.25) is 5.10 Å². The first-order chi connectivity index (χ1) is 13.8. The van der Waals surface area contributed by atoms with Crippen LogP contribution in [0.25, 0.3) is 16.9 Å². The highest BCUT2D eigenvalue weighted by atomic mass is 16.5. The third-order valence-electron chi connectivity index (χ3n) is 3.98. The topological polar surface area (TPSA) is 143 Å². The number of nitrogens with zero attached hydrogens (tertiary/aromatic N) is 6. The minimum absolute atomic E-state index is 0.248. The van der Waals surface area contributed by atoms with Crippen molar-refractivity contribution < 1.29 is 4.74 Å². The highest BCUT2D eigenvalue weighted by Crippen LogP contribution is 2.31. The summed E-state index contributed by atoms with van der Waals surface area (Å²) < 4.78 is 7.69. The van der Waals surface area contributed by atoms with E-state index < -0.39 is 0 Å². The maximum absolute atomic E-state index is 8.80. The van der Waals surface area contributed by atoms with E-state index in [1.165, 1.54) is 12.4 Å². The molecule has 0 spiro atoms. The van der Waals surface area contributed by atoms with Crippen molar-refractivity contribution in [3.05, 3.63) is 48.5 Å². The lowest BCUT2D eigenvalue weighted by Gasteiger charge is -2.11. The van der Waals surface area contributed by atoms with Gasteiger partial charge in [0, 0.05) is 6.07 Å². The highest BCUT2D eigenvalue weighted by molar-refractivity contribution is 5.71. The number of pyridine rings is 1. The molecule has 0 aliphatic heterocycles. The van der Waals surface area contributed by atoms with Crippen molar-refractivity contribution in [3.8, 4) is 23.2 Å². The summed E-state index contributed by atoms with van der Waals surface area (Å²) in [5.41, 5.74) is 8.22. The minimum atomic E-state index is 0.248. The van der Waals surface area contributed by atoms with Gasteiger partial charge < -0.3 is 15.8 Å².